The fourth-order valence-electron chi connectivity index (χ4n) is 6.91. The molecule has 0 nitrogen and oxygen atoms in total. The first kappa shape index (κ1) is 29.4. The van der Waals surface area contributed by atoms with Gasteiger partial charge in [-0.05, 0) is 92.0 Å². The van der Waals surface area contributed by atoms with Crippen LogP contribution < -0.4 is 0 Å². The molecule has 0 fully saturated rings. The summed E-state index contributed by atoms with van der Waals surface area (Å²) in [5.41, 5.74) is 6.95. The maximum Gasteiger partial charge on any atom is 0.0406 e. The highest BCUT2D eigenvalue weighted by atomic mass is 14.2. The van der Waals surface area contributed by atoms with Crippen LogP contribution in [-0.2, 0) is 12.8 Å². The first-order valence-electron chi connectivity index (χ1n) is 16.8. The lowest BCUT2D eigenvalue weighted by atomic mass is 9.89. The van der Waals surface area contributed by atoms with Crippen LogP contribution in [0, 0.1) is 23.7 Å². The lowest BCUT2D eigenvalue weighted by molar-refractivity contribution is 0.802. The Kier molecular flexibility index (Phi) is 8.55. The minimum atomic E-state index is 0.950. The zero-order valence-electron chi connectivity index (χ0n) is 26.8. The molecule has 0 atom stereocenters. The van der Waals surface area contributed by atoms with Crippen LogP contribution in [0.3, 0.4) is 0 Å². The molecule has 0 saturated heterocycles. The van der Waals surface area contributed by atoms with Gasteiger partial charge in [0.1, 0.15) is 0 Å². The molecule has 0 amide bonds. The van der Waals surface area contributed by atoms with Gasteiger partial charge < -0.3 is 0 Å². The fraction of sp³-hybridized carbons (Fsp3) is 0.174. The molecule has 0 bridgehead atoms. The van der Waals surface area contributed by atoms with E-state index in [0.717, 1.165) is 35.1 Å². The van der Waals surface area contributed by atoms with Crippen molar-refractivity contribution in [3.05, 3.63) is 155 Å². The largest absolute Gasteiger partial charge is 0.0654 e. The molecule has 0 saturated carbocycles. The average molecular weight is 591 g/mol. The summed E-state index contributed by atoms with van der Waals surface area (Å²) in [5, 5.41) is 10.2. The quantitative estimate of drug-likeness (QED) is 0.133. The van der Waals surface area contributed by atoms with E-state index in [9.17, 15) is 0 Å². The van der Waals surface area contributed by atoms with Gasteiger partial charge in [0.25, 0.3) is 0 Å². The van der Waals surface area contributed by atoms with Crippen molar-refractivity contribution in [2.45, 2.75) is 52.4 Å². The maximum atomic E-state index is 3.64. The van der Waals surface area contributed by atoms with Crippen LogP contribution in [0.1, 0.15) is 72.9 Å². The van der Waals surface area contributed by atoms with Gasteiger partial charge in [0, 0.05) is 22.3 Å². The molecule has 7 aromatic rings. The molecule has 0 aliphatic rings. The molecule has 7 aromatic carbocycles. The molecule has 46 heavy (non-hydrogen) atoms. The van der Waals surface area contributed by atoms with E-state index in [1.54, 1.807) is 0 Å². The van der Waals surface area contributed by atoms with Crippen LogP contribution in [0.5, 0.6) is 0 Å². The number of hydrogen-bond donors (Lipinski definition) is 0. The summed E-state index contributed by atoms with van der Waals surface area (Å²) >= 11 is 0. The Bertz CT molecular complexity index is 2060. The van der Waals surface area contributed by atoms with E-state index >= 15 is 0 Å². The lowest BCUT2D eigenvalue weighted by Crippen LogP contribution is -1.94. The number of hydrogen-bond acceptors (Lipinski definition) is 0. The van der Waals surface area contributed by atoms with Gasteiger partial charge in [0.2, 0.25) is 0 Å². The molecule has 7 rings (SSSR count). The molecule has 0 heterocycles. The summed E-state index contributed by atoms with van der Waals surface area (Å²) in [6.45, 7) is 4.52. The normalized spacial score (nSPS) is 11.0. The number of benzene rings is 7. The van der Waals surface area contributed by atoms with Crippen molar-refractivity contribution >= 4 is 43.1 Å². The van der Waals surface area contributed by atoms with E-state index in [0.29, 0.717) is 0 Å². The number of fused-ring (bicyclic) bond motifs is 4. The van der Waals surface area contributed by atoms with Crippen LogP contribution in [-0.4, -0.2) is 0 Å². The third-order valence-electron chi connectivity index (χ3n) is 9.22. The number of unbranched alkanes of at least 4 members (excludes halogenated alkanes) is 2. The van der Waals surface area contributed by atoms with E-state index in [-0.39, 0.29) is 0 Å². The third kappa shape index (κ3) is 5.53. The predicted molar refractivity (Wildman–Crippen MR) is 199 cm³/mol. The predicted octanol–water partition coefficient (Wildman–Crippen LogP) is 11.8. The minimum Gasteiger partial charge on any atom is -0.0654 e. The molecular weight excluding hydrogens is 553 g/mol. The highest BCUT2D eigenvalue weighted by molar-refractivity contribution is 6.09. The Balaban J connectivity index is 1.38. The topological polar surface area (TPSA) is 0 Å². The molecule has 0 heteroatoms. The minimum absolute atomic E-state index is 0.950. The van der Waals surface area contributed by atoms with Crippen LogP contribution in [0.2, 0.25) is 0 Å². The zero-order chi connectivity index (χ0) is 31.3. The van der Waals surface area contributed by atoms with E-state index in [2.05, 4.69) is 159 Å². The molecular formula is C46H38. The molecule has 0 aliphatic heterocycles. The van der Waals surface area contributed by atoms with Gasteiger partial charge in [-0.2, -0.15) is 0 Å². The van der Waals surface area contributed by atoms with Crippen LogP contribution in [0.25, 0.3) is 43.1 Å². The van der Waals surface area contributed by atoms with Crippen molar-refractivity contribution in [3.63, 3.8) is 0 Å². The first-order chi connectivity index (χ1) is 22.8. The highest BCUT2D eigenvalue weighted by Gasteiger charge is 2.14. The molecule has 0 aliphatic carbocycles. The van der Waals surface area contributed by atoms with Crippen LogP contribution >= 0.6 is 0 Å². The first-order valence-corrected chi connectivity index (χ1v) is 16.8. The van der Waals surface area contributed by atoms with Crippen molar-refractivity contribution < 1.29 is 0 Å². The summed E-state index contributed by atoms with van der Waals surface area (Å²) in [4.78, 5) is 0. The Hall–Kier alpha value is -5.30. The van der Waals surface area contributed by atoms with Crippen LogP contribution in [0.4, 0.5) is 0 Å². The Morgan fingerprint density at radius 3 is 0.935 bits per heavy atom. The molecule has 0 spiro atoms. The molecule has 0 radical (unpaired) electrons. The van der Waals surface area contributed by atoms with E-state index in [1.807, 2.05) is 0 Å². The van der Waals surface area contributed by atoms with Crippen molar-refractivity contribution in [1.82, 2.24) is 0 Å². The van der Waals surface area contributed by atoms with Crippen molar-refractivity contribution in [1.29, 1.82) is 0 Å². The number of rotatable bonds is 6. The summed E-state index contributed by atoms with van der Waals surface area (Å²) in [5.74, 6) is 14.4. The van der Waals surface area contributed by atoms with Crippen LogP contribution in [0.15, 0.2) is 121 Å². The molecule has 0 aromatic heterocycles. The van der Waals surface area contributed by atoms with E-state index in [4.69, 9.17) is 0 Å². The smallest absolute Gasteiger partial charge is 0.0406 e. The monoisotopic (exact) mass is 590 g/mol. The Morgan fingerprint density at radius 1 is 0.348 bits per heavy atom. The molecule has 0 N–H and O–H groups in total. The summed E-state index contributed by atoms with van der Waals surface area (Å²) in [6, 6.07) is 43.4. The number of aryl methyl sites for hydroxylation is 2. The summed E-state index contributed by atoms with van der Waals surface area (Å²) < 4.78 is 0. The highest BCUT2D eigenvalue weighted by Crippen LogP contribution is 2.35. The summed E-state index contributed by atoms with van der Waals surface area (Å²) in [6.07, 6.45) is 6.86. The second-order valence-electron chi connectivity index (χ2n) is 12.1. The van der Waals surface area contributed by atoms with Gasteiger partial charge in [-0.1, -0.05) is 160 Å². The SMILES string of the molecule is CCCCc1c2ccccc2c(C#Cc2ccccc2C#Cc2c3ccccc3c(CCCC)c3ccccc23)c2ccccc12. The van der Waals surface area contributed by atoms with Crippen molar-refractivity contribution in [2.75, 3.05) is 0 Å². The van der Waals surface area contributed by atoms with Gasteiger partial charge >= 0.3 is 0 Å². The third-order valence-corrected chi connectivity index (χ3v) is 9.22. The van der Waals surface area contributed by atoms with E-state index < -0.39 is 0 Å². The Labute approximate surface area is 273 Å². The van der Waals surface area contributed by atoms with Gasteiger partial charge in [-0.25, -0.2) is 0 Å². The van der Waals surface area contributed by atoms with Crippen molar-refractivity contribution in [2.24, 2.45) is 0 Å². The average Bonchev–Trinajstić information content (AvgIpc) is 3.11. The van der Waals surface area contributed by atoms with Gasteiger partial charge in [0.15, 0.2) is 0 Å². The van der Waals surface area contributed by atoms with Gasteiger partial charge in [-0.3, -0.25) is 0 Å². The second kappa shape index (κ2) is 13.4. The molecule has 0 unspecified atom stereocenters. The standard InChI is InChI=1S/C46H38/c1-3-5-19-35-37-21-9-13-25-41(37)45(42-26-14-10-22-38(35)42)31-29-33-17-7-8-18-34(33)30-32-46-43-27-15-11-23-39(43)36(20-6-4-2)40-24-12-16-28-44(40)46/h7-18,21-28H,3-6,19-20H2,1-2H3. The van der Waals surface area contributed by atoms with E-state index in [1.165, 1.54) is 79.9 Å². The zero-order valence-corrected chi connectivity index (χ0v) is 26.8. The summed E-state index contributed by atoms with van der Waals surface area (Å²) in [7, 11) is 0. The van der Waals surface area contributed by atoms with Gasteiger partial charge in [0.05, 0.1) is 0 Å². The van der Waals surface area contributed by atoms with Gasteiger partial charge in [-0.15, -0.1) is 0 Å². The van der Waals surface area contributed by atoms with Crippen molar-refractivity contribution in [3.8, 4) is 23.7 Å². The molecule has 222 valence electrons. The lowest BCUT2D eigenvalue weighted by Gasteiger charge is -2.14. The Morgan fingerprint density at radius 2 is 0.630 bits per heavy atom. The second-order valence-corrected chi connectivity index (χ2v) is 12.1. The fourth-order valence-corrected chi connectivity index (χ4v) is 6.91. The maximum absolute atomic E-state index is 3.64.